The van der Waals surface area contributed by atoms with Gasteiger partial charge in [0.2, 0.25) is 0 Å². The smallest absolute Gasteiger partial charge is 0.191 e. The minimum absolute atomic E-state index is 0.00797. The van der Waals surface area contributed by atoms with Gasteiger partial charge in [0.15, 0.2) is 22.5 Å². The van der Waals surface area contributed by atoms with Crippen molar-refractivity contribution in [1.82, 2.24) is 19.9 Å². The molecule has 0 saturated heterocycles. The number of nitrogens with zero attached hydrogens (tertiary/aromatic N) is 4. The molecule has 0 unspecified atom stereocenters. The monoisotopic (exact) mass is 406 g/mol. The zero-order chi connectivity index (χ0) is 20.1. The van der Waals surface area contributed by atoms with Crippen molar-refractivity contribution in [1.29, 1.82) is 0 Å². The standard InChI is InChI=1S/C19H23FN4O3S/c1-12(9-25-4)24-18(10-26-17-8-6-5-7-16(17)20)21-22-19(24)28-11-15-13(2)23-27-14(15)3/h5-8,12H,9-11H2,1-4H3/t12-/m0/s1. The van der Waals surface area contributed by atoms with Gasteiger partial charge in [-0.05, 0) is 32.9 Å². The lowest BCUT2D eigenvalue weighted by Gasteiger charge is -2.17. The molecule has 0 aliphatic heterocycles. The van der Waals surface area contributed by atoms with Gasteiger partial charge in [0, 0.05) is 18.4 Å². The molecule has 0 aliphatic carbocycles. The predicted octanol–water partition coefficient (Wildman–Crippen LogP) is 4.10. The fourth-order valence-electron chi connectivity index (χ4n) is 2.81. The van der Waals surface area contributed by atoms with E-state index in [0.29, 0.717) is 18.2 Å². The number of para-hydroxylation sites is 1. The zero-order valence-electron chi connectivity index (χ0n) is 16.3. The molecule has 28 heavy (non-hydrogen) atoms. The van der Waals surface area contributed by atoms with Crippen molar-refractivity contribution in [3.05, 3.63) is 52.9 Å². The van der Waals surface area contributed by atoms with Crippen LogP contribution in [0.15, 0.2) is 33.9 Å². The molecule has 0 amide bonds. The fourth-order valence-corrected chi connectivity index (χ4v) is 4.02. The molecule has 2 aromatic heterocycles. The van der Waals surface area contributed by atoms with Crippen molar-refractivity contribution in [2.24, 2.45) is 0 Å². The Labute approximate surface area is 167 Å². The molecule has 0 N–H and O–H groups in total. The normalized spacial score (nSPS) is 12.3. The van der Waals surface area contributed by atoms with Crippen LogP contribution in [-0.4, -0.2) is 33.6 Å². The number of halogens is 1. The second kappa shape index (κ2) is 9.20. The molecule has 0 aliphatic rings. The summed E-state index contributed by atoms with van der Waals surface area (Å²) in [6, 6.07) is 6.28. The summed E-state index contributed by atoms with van der Waals surface area (Å²) < 4.78 is 31.9. The SMILES string of the molecule is COC[C@H](C)n1c(COc2ccccc2F)nnc1SCc1c(C)noc1C. The number of thioether (sulfide) groups is 1. The van der Waals surface area contributed by atoms with Gasteiger partial charge in [0.25, 0.3) is 0 Å². The molecule has 0 fully saturated rings. The average molecular weight is 406 g/mol. The Hall–Kier alpha value is -2.39. The van der Waals surface area contributed by atoms with E-state index in [0.717, 1.165) is 22.2 Å². The van der Waals surface area contributed by atoms with Gasteiger partial charge in [-0.3, -0.25) is 4.57 Å². The number of aryl methyl sites for hydroxylation is 2. The van der Waals surface area contributed by atoms with Gasteiger partial charge in [-0.15, -0.1) is 10.2 Å². The third-order valence-corrected chi connectivity index (χ3v) is 5.27. The Morgan fingerprint density at radius 3 is 2.71 bits per heavy atom. The van der Waals surface area contributed by atoms with Gasteiger partial charge in [-0.1, -0.05) is 29.1 Å². The third-order valence-electron chi connectivity index (χ3n) is 4.30. The van der Waals surface area contributed by atoms with E-state index in [1.54, 1.807) is 25.3 Å². The largest absolute Gasteiger partial charge is 0.483 e. The fraction of sp³-hybridized carbons (Fsp3) is 0.421. The summed E-state index contributed by atoms with van der Waals surface area (Å²) in [5, 5.41) is 13.3. The minimum atomic E-state index is -0.411. The molecule has 1 aromatic carbocycles. The molecule has 3 aromatic rings. The summed E-state index contributed by atoms with van der Waals surface area (Å²) in [6.45, 7) is 6.41. The lowest BCUT2D eigenvalue weighted by molar-refractivity contribution is 0.154. The van der Waals surface area contributed by atoms with Crippen LogP contribution in [0, 0.1) is 19.7 Å². The number of methoxy groups -OCH3 is 1. The molecule has 9 heteroatoms. The second-order valence-corrected chi connectivity index (χ2v) is 7.33. The Bertz CT molecular complexity index is 908. The van der Waals surface area contributed by atoms with Crippen LogP contribution in [0.5, 0.6) is 5.75 Å². The molecule has 1 atom stereocenters. The third kappa shape index (κ3) is 4.53. The van der Waals surface area contributed by atoms with Crippen LogP contribution < -0.4 is 4.74 Å². The van der Waals surface area contributed by atoms with Gasteiger partial charge < -0.3 is 14.0 Å². The van der Waals surface area contributed by atoms with Gasteiger partial charge in [0.05, 0.1) is 18.3 Å². The summed E-state index contributed by atoms with van der Waals surface area (Å²) in [6.07, 6.45) is 0. The van der Waals surface area contributed by atoms with E-state index in [2.05, 4.69) is 15.4 Å². The Kier molecular flexibility index (Phi) is 6.69. The summed E-state index contributed by atoms with van der Waals surface area (Å²) in [5.74, 6) is 1.83. The summed E-state index contributed by atoms with van der Waals surface area (Å²) in [7, 11) is 1.65. The number of rotatable bonds is 9. The average Bonchev–Trinajstić information content (AvgIpc) is 3.22. The Morgan fingerprint density at radius 2 is 2.04 bits per heavy atom. The van der Waals surface area contributed by atoms with Crippen LogP contribution in [-0.2, 0) is 17.1 Å². The number of ether oxygens (including phenoxy) is 2. The van der Waals surface area contributed by atoms with Crippen molar-refractivity contribution < 1.29 is 18.4 Å². The van der Waals surface area contributed by atoms with Crippen LogP contribution >= 0.6 is 11.8 Å². The summed E-state index contributed by atoms with van der Waals surface area (Å²) >= 11 is 1.54. The summed E-state index contributed by atoms with van der Waals surface area (Å²) in [5.41, 5.74) is 1.91. The predicted molar refractivity (Wildman–Crippen MR) is 103 cm³/mol. The topological polar surface area (TPSA) is 75.2 Å². The van der Waals surface area contributed by atoms with Crippen LogP contribution in [0.1, 0.15) is 35.8 Å². The highest BCUT2D eigenvalue weighted by Gasteiger charge is 2.20. The molecule has 0 bridgehead atoms. The molecule has 2 heterocycles. The van der Waals surface area contributed by atoms with E-state index >= 15 is 0 Å². The van der Waals surface area contributed by atoms with Gasteiger partial charge in [-0.25, -0.2) is 4.39 Å². The molecule has 0 spiro atoms. The number of benzene rings is 1. The lowest BCUT2D eigenvalue weighted by Crippen LogP contribution is -2.16. The van der Waals surface area contributed by atoms with Crippen molar-refractivity contribution >= 4 is 11.8 Å². The van der Waals surface area contributed by atoms with Crippen molar-refractivity contribution in [3.63, 3.8) is 0 Å². The van der Waals surface area contributed by atoms with Gasteiger partial charge >= 0.3 is 0 Å². The Balaban J connectivity index is 1.79. The van der Waals surface area contributed by atoms with Crippen LogP contribution in [0.25, 0.3) is 0 Å². The van der Waals surface area contributed by atoms with Crippen LogP contribution in [0.3, 0.4) is 0 Å². The van der Waals surface area contributed by atoms with E-state index in [4.69, 9.17) is 14.0 Å². The first-order valence-electron chi connectivity index (χ1n) is 8.85. The number of hydrogen-bond donors (Lipinski definition) is 0. The van der Waals surface area contributed by atoms with Crippen LogP contribution in [0.4, 0.5) is 4.39 Å². The summed E-state index contributed by atoms with van der Waals surface area (Å²) in [4.78, 5) is 0. The lowest BCUT2D eigenvalue weighted by atomic mass is 10.2. The van der Waals surface area contributed by atoms with Gasteiger partial charge in [0.1, 0.15) is 12.4 Å². The van der Waals surface area contributed by atoms with E-state index in [1.165, 1.54) is 17.8 Å². The van der Waals surface area contributed by atoms with Gasteiger partial charge in [-0.2, -0.15) is 0 Å². The maximum absolute atomic E-state index is 13.8. The quantitative estimate of drug-likeness (QED) is 0.495. The molecule has 150 valence electrons. The van der Waals surface area contributed by atoms with Crippen LogP contribution in [0.2, 0.25) is 0 Å². The molecule has 7 nitrogen and oxygen atoms in total. The molecule has 0 radical (unpaired) electrons. The maximum atomic E-state index is 13.8. The highest BCUT2D eigenvalue weighted by atomic mass is 32.2. The Morgan fingerprint density at radius 1 is 1.25 bits per heavy atom. The number of hydrogen-bond acceptors (Lipinski definition) is 7. The highest BCUT2D eigenvalue weighted by molar-refractivity contribution is 7.98. The van der Waals surface area contributed by atoms with E-state index in [-0.39, 0.29) is 18.4 Å². The number of aromatic nitrogens is 4. The molecule has 3 rings (SSSR count). The van der Waals surface area contributed by atoms with Crippen molar-refractivity contribution in [2.45, 2.75) is 44.3 Å². The van der Waals surface area contributed by atoms with E-state index in [9.17, 15) is 4.39 Å². The minimum Gasteiger partial charge on any atom is -0.483 e. The molecular weight excluding hydrogens is 383 g/mol. The molecular formula is C19H23FN4O3S. The first-order valence-corrected chi connectivity index (χ1v) is 9.84. The van der Waals surface area contributed by atoms with Crippen molar-refractivity contribution in [2.75, 3.05) is 13.7 Å². The maximum Gasteiger partial charge on any atom is 0.191 e. The first kappa shape index (κ1) is 20.3. The zero-order valence-corrected chi connectivity index (χ0v) is 17.1. The second-order valence-electron chi connectivity index (χ2n) is 6.38. The highest BCUT2D eigenvalue weighted by Crippen LogP contribution is 2.28. The van der Waals surface area contributed by atoms with E-state index in [1.807, 2.05) is 25.3 Å². The first-order chi connectivity index (χ1) is 13.5. The molecule has 0 saturated carbocycles. The van der Waals surface area contributed by atoms with E-state index < -0.39 is 5.82 Å². The van der Waals surface area contributed by atoms with Crippen molar-refractivity contribution in [3.8, 4) is 5.75 Å².